The van der Waals surface area contributed by atoms with E-state index < -0.39 is 10.0 Å². The molecule has 0 aromatic carbocycles. The van der Waals surface area contributed by atoms with Crippen LogP contribution in [0.15, 0.2) is 11.1 Å². The summed E-state index contributed by atoms with van der Waals surface area (Å²) in [7, 11) is -1.41. The van der Waals surface area contributed by atoms with Gasteiger partial charge in [-0.05, 0) is 39.7 Å². The molecule has 0 radical (unpaired) electrons. The van der Waals surface area contributed by atoms with Crippen molar-refractivity contribution >= 4 is 15.8 Å². The van der Waals surface area contributed by atoms with Gasteiger partial charge in [0.25, 0.3) is 0 Å². The highest BCUT2D eigenvalue weighted by Gasteiger charge is 2.31. The molecule has 1 aromatic heterocycles. The number of aromatic nitrogens is 2. The topological polar surface area (TPSA) is 95.3 Å². The summed E-state index contributed by atoms with van der Waals surface area (Å²) in [6.07, 6.45) is 3.05. The Bertz CT molecular complexity index is 561. The second kappa shape index (κ2) is 6.33. The molecule has 8 heteroatoms. The van der Waals surface area contributed by atoms with Crippen LogP contribution in [0.3, 0.4) is 0 Å². The monoisotopic (exact) mass is 315 g/mol. The van der Waals surface area contributed by atoms with Crippen molar-refractivity contribution in [3.05, 3.63) is 6.20 Å². The van der Waals surface area contributed by atoms with Crippen LogP contribution in [0.4, 0.5) is 5.82 Å². The van der Waals surface area contributed by atoms with Crippen LogP contribution in [0.2, 0.25) is 0 Å². The summed E-state index contributed by atoms with van der Waals surface area (Å²) < 4.78 is 26.5. The lowest BCUT2D eigenvalue weighted by Gasteiger charge is -2.34. The third-order valence-corrected chi connectivity index (χ3v) is 6.18. The van der Waals surface area contributed by atoms with Gasteiger partial charge in [-0.15, -0.1) is 0 Å². The van der Waals surface area contributed by atoms with Crippen LogP contribution in [0.5, 0.6) is 0 Å². The van der Waals surface area contributed by atoms with Crippen LogP contribution in [0.25, 0.3) is 0 Å². The van der Waals surface area contributed by atoms with Gasteiger partial charge in [0.05, 0.1) is 6.20 Å². The lowest BCUT2D eigenvalue weighted by molar-refractivity contribution is 0.182. The molecular formula is C13H25N5O2S. The number of hydrogen-bond acceptors (Lipinski definition) is 5. The first-order valence-electron chi connectivity index (χ1n) is 7.31. The van der Waals surface area contributed by atoms with Gasteiger partial charge >= 0.3 is 0 Å². The SMILES string of the molecule is CC(C)N(C)CC1CCN(S(=O)(=O)c2cn[nH]c2N)CC1. The normalized spacial score (nSPS) is 18.7. The predicted molar refractivity (Wildman–Crippen MR) is 82.2 cm³/mol. The van der Waals surface area contributed by atoms with Gasteiger partial charge in [0.2, 0.25) is 10.0 Å². The van der Waals surface area contributed by atoms with E-state index in [2.05, 4.69) is 36.0 Å². The minimum absolute atomic E-state index is 0.0836. The summed E-state index contributed by atoms with van der Waals surface area (Å²) in [4.78, 5) is 2.39. The molecule has 3 N–H and O–H groups in total. The van der Waals surface area contributed by atoms with E-state index in [9.17, 15) is 8.42 Å². The molecule has 0 unspecified atom stereocenters. The minimum atomic E-state index is -3.52. The van der Waals surface area contributed by atoms with Gasteiger partial charge in [-0.1, -0.05) is 0 Å². The summed E-state index contributed by atoms with van der Waals surface area (Å²) in [5, 5.41) is 6.17. The minimum Gasteiger partial charge on any atom is -0.383 e. The van der Waals surface area contributed by atoms with Crippen LogP contribution in [-0.4, -0.2) is 60.5 Å². The number of nitrogens with two attached hydrogens (primary N) is 1. The Hall–Kier alpha value is -1.12. The molecular weight excluding hydrogens is 290 g/mol. The first-order chi connectivity index (χ1) is 9.82. The summed E-state index contributed by atoms with van der Waals surface area (Å²) in [6.45, 7) is 6.44. The van der Waals surface area contributed by atoms with Crippen molar-refractivity contribution in [3.8, 4) is 0 Å². The van der Waals surface area contributed by atoms with Crippen molar-refractivity contribution < 1.29 is 8.42 Å². The fraction of sp³-hybridized carbons (Fsp3) is 0.769. The zero-order valence-electron chi connectivity index (χ0n) is 12.9. The molecule has 21 heavy (non-hydrogen) atoms. The van der Waals surface area contributed by atoms with Crippen molar-refractivity contribution in [2.45, 2.75) is 37.6 Å². The van der Waals surface area contributed by atoms with Crippen molar-refractivity contribution in [1.82, 2.24) is 19.4 Å². The number of rotatable bonds is 5. The molecule has 2 rings (SSSR count). The summed E-state index contributed by atoms with van der Waals surface area (Å²) >= 11 is 0. The quantitative estimate of drug-likeness (QED) is 0.835. The standard InChI is InChI=1S/C13H25N5O2S/c1-10(2)17(3)9-11-4-6-18(7-5-11)21(19,20)12-8-15-16-13(12)14/h8,10-11H,4-7,9H2,1-3H3,(H3,14,15,16). The van der Waals surface area contributed by atoms with E-state index in [1.807, 2.05) is 0 Å². The third kappa shape index (κ3) is 3.56. The Morgan fingerprint density at radius 1 is 1.48 bits per heavy atom. The zero-order chi connectivity index (χ0) is 15.6. The molecule has 0 atom stereocenters. The molecule has 0 aliphatic carbocycles. The van der Waals surface area contributed by atoms with Gasteiger partial charge in [-0.2, -0.15) is 9.40 Å². The number of H-pyrrole nitrogens is 1. The molecule has 0 saturated carbocycles. The van der Waals surface area contributed by atoms with E-state index in [1.165, 1.54) is 10.5 Å². The van der Waals surface area contributed by atoms with Gasteiger partial charge in [-0.25, -0.2) is 8.42 Å². The summed E-state index contributed by atoms with van der Waals surface area (Å²) in [5.41, 5.74) is 5.63. The maximum Gasteiger partial charge on any atom is 0.248 e. The summed E-state index contributed by atoms with van der Waals surface area (Å²) in [5.74, 6) is 0.655. The van der Waals surface area contributed by atoms with E-state index in [1.54, 1.807) is 0 Å². The maximum absolute atomic E-state index is 12.5. The average Bonchev–Trinajstić information content (AvgIpc) is 2.86. The zero-order valence-corrected chi connectivity index (χ0v) is 13.7. The van der Waals surface area contributed by atoms with Crippen molar-refractivity contribution in [2.75, 3.05) is 32.4 Å². The lowest BCUT2D eigenvalue weighted by atomic mass is 9.97. The maximum atomic E-state index is 12.5. The van der Waals surface area contributed by atoms with Crippen LogP contribution >= 0.6 is 0 Å². The highest BCUT2D eigenvalue weighted by atomic mass is 32.2. The van der Waals surface area contributed by atoms with Crippen LogP contribution < -0.4 is 5.73 Å². The molecule has 2 heterocycles. The third-order valence-electron chi connectivity index (χ3n) is 4.25. The number of piperidine rings is 1. The van der Waals surface area contributed by atoms with Crippen molar-refractivity contribution in [3.63, 3.8) is 0 Å². The van der Waals surface area contributed by atoms with Crippen molar-refractivity contribution in [1.29, 1.82) is 0 Å². The van der Waals surface area contributed by atoms with E-state index in [0.717, 1.165) is 19.4 Å². The molecule has 1 saturated heterocycles. The molecule has 1 aromatic rings. The molecule has 1 aliphatic heterocycles. The Morgan fingerprint density at radius 2 is 2.10 bits per heavy atom. The molecule has 0 spiro atoms. The predicted octanol–water partition coefficient (Wildman–Crippen LogP) is 0.733. The molecule has 120 valence electrons. The number of hydrogen-bond donors (Lipinski definition) is 2. The Morgan fingerprint density at radius 3 is 2.57 bits per heavy atom. The van der Waals surface area contributed by atoms with Gasteiger partial charge in [0.15, 0.2) is 0 Å². The number of nitrogens with zero attached hydrogens (tertiary/aromatic N) is 3. The number of nitrogen functional groups attached to an aromatic ring is 1. The largest absolute Gasteiger partial charge is 0.383 e. The first kappa shape index (κ1) is 16.3. The van der Waals surface area contributed by atoms with Crippen LogP contribution in [0.1, 0.15) is 26.7 Å². The van der Waals surface area contributed by atoms with Crippen LogP contribution in [-0.2, 0) is 10.0 Å². The lowest BCUT2D eigenvalue weighted by Crippen LogP contribution is -2.42. The van der Waals surface area contributed by atoms with Crippen LogP contribution in [0, 0.1) is 5.92 Å². The van der Waals surface area contributed by atoms with Crippen molar-refractivity contribution in [2.24, 2.45) is 5.92 Å². The highest BCUT2D eigenvalue weighted by molar-refractivity contribution is 7.89. The molecule has 1 aliphatic rings. The fourth-order valence-corrected chi connectivity index (χ4v) is 4.06. The van der Waals surface area contributed by atoms with Gasteiger partial charge in [-0.3, -0.25) is 5.10 Å². The smallest absolute Gasteiger partial charge is 0.248 e. The molecule has 0 bridgehead atoms. The van der Waals surface area contributed by atoms with E-state index >= 15 is 0 Å². The molecule has 7 nitrogen and oxygen atoms in total. The van der Waals surface area contributed by atoms with E-state index in [0.29, 0.717) is 25.0 Å². The molecule has 1 fully saturated rings. The number of aromatic amines is 1. The highest BCUT2D eigenvalue weighted by Crippen LogP contribution is 2.26. The fourth-order valence-electron chi connectivity index (χ4n) is 2.58. The van der Waals surface area contributed by atoms with E-state index in [4.69, 9.17) is 5.73 Å². The Labute approximate surface area is 126 Å². The second-order valence-electron chi connectivity index (χ2n) is 6.03. The molecule has 0 amide bonds. The number of anilines is 1. The summed E-state index contributed by atoms with van der Waals surface area (Å²) in [6, 6.07) is 0.512. The first-order valence-corrected chi connectivity index (χ1v) is 8.75. The number of nitrogens with one attached hydrogen (secondary N) is 1. The Balaban J connectivity index is 1.97. The van der Waals surface area contributed by atoms with E-state index in [-0.39, 0.29) is 10.7 Å². The van der Waals surface area contributed by atoms with Gasteiger partial charge in [0.1, 0.15) is 10.7 Å². The number of sulfonamides is 1. The average molecular weight is 315 g/mol. The second-order valence-corrected chi connectivity index (χ2v) is 7.94. The Kier molecular flexibility index (Phi) is 4.90. The van der Waals surface area contributed by atoms with Gasteiger partial charge in [0, 0.05) is 25.7 Å². The van der Waals surface area contributed by atoms with Gasteiger partial charge < -0.3 is 10.6 Å².